The van der Waals surface area contributed by atoms with E-state index in [1.165, 1.54) is 30.3 Å². The third-order valence-electron chi connectivity index (χ3n) is 11.0. The van der Waals surface area contributed by atoms with Crippen LogP contribution in [0.25, 0.3) is 0 Å². The number of fused-ring (bicyclic) bond motifs is 12. The van der Waals surface area contributed by atoms with Gasteiger partial charge in [-0.15, -0.1) is 4.33 Å². The molecule has 68 heavy (non-hydrogen) atoms. The van der Waals surface area contributed by atoms with E-state index in [9.17, 15) is 82.5 Å². The molecule has 26 heteroatoms. The van der Waals surface area contributed by atoms with Gasteiger partial charge in [-0.05, 0) is 82.9 Å². The molecule has 11 N–H and O–H groups in total. The Hall–Kier alpha value is -6.01. The molecule has 12 bridgehead atoms. The van der Waals surface area contributed by atoms with Gasteiger partial charge < -0.3 is 30.6 Å². The van der Waals surface area contributed by atoms with Gasteiger partial charge in [0, 0.05) is 87.9 Å². The molecule has 6 aromatic rings. The molecule has 0 heterocycles. The standard InChI is InChI=1S/C42H36O21S5/c43-37-20-2-1-3-21(37)5-24-12-33(65(50,51)52)14-26(39(24)45)7-28-16-35(67(56,57)58)18-30(41(28)47)9-31-19-36(68(59,60)61)17-29(42(31)48)8-27-15-34(66(53,54)55)13-25(40(27)46)6-23-11-32(64-63-62-49)10-22(4-20)38(23)44/h1-3,10-19,43-49H,4-9H2,(H,50,51,52)(H,53,54,55)(H,56,57,58)(H,59,60,61). The van der Waals surface area contributed by atoms with E-state index in [0.29, 0.717) is 12.0 Å². The summed E-state index contributed by atoms with van der Waals surface area (Å²) >= 11 is 0.428. The molecule has 0 unspecified atom stereocenters. The minimum Gasteiger partial charge on any atom is -0.507 e. The average Bonchev–Trinajstić information content (AvgIpc) is 3.23. The van der Waals surface area contributed by atoms with E-state index in [2.05, 4.69) is 9.37 Å². The SMILES string of the molecule is O=S(=O)(O)c1cc2c(O)c(c1)Cc1cc(S(=O)(=O)O)cc(c1O)Cc1cc(S(=O)(=O)O)cc(c1O)Cc1cc(S(=O)(=O)O)cc(c1O)Cc1cc(SOOO)cc(c1O)Cc1cccc(c1O)C2. The Kier molecular flexibility index (Phi) is 13.6. The summed E-state index contributed by atoms with van der Waals surface area (Å²) in [5, 5.41) is 82.5. The number of phenolic OH excluding ortho intramolecular Hbond substituents is 6. The topological polar surface area (TPSA) is 378 Å². The quantitative estimate of drug-likeness (QED) is 0.0423. The van der Waals surface area contributed by atoms with Gasteiger partial charge in [0.15, 0.2) is 0 Å². The van der Waals surface area contributed by atoms with Crippen molar-refractivity contribution in [3.63, 3.8) is 0 Å². The minimum atomic E-state index is -5.18. The van der Waals surface area contributed by atoms with Gasteiger partial charge in [-0.3, -0.25) is 18.2 Å². The molecule has 360 valence electrons. The van der Waals surface area contributed by atoms with Crippen molar-refractivity contribution in [2.45, 2.75) is 63.0 Å². The van der Waals surface area contributed by atoms with Crippen molar-refractivity contribution in [1.82, 2.24) is 0 Å². The molecule has 0 atom stereocenters. The number of rotatable bonds is 7. The third kappa shape index (κ3) is 10.7. The Morgan fingerprint density at radius 2 is 0.559 bits per heavy atom. The number of hydrogen-bond donors (Lipinski definition) is 11. The van der Waals surface area contributed by atoms with Crippen molar-refractivity contribution in [3.05, 3.63) is 146 Å². The summed E-state index contributed by atoms with van der Waals surface area (Å²) in [6.07, 6.45) is -3.66. The van der Waals surface area contributed by atoms with Crippen molar-refractivity contribution in [1.29, 1.82) is 0 Å². The molecule has 0 radical (unpaired) electrons. The van der Waals surface area contributed by atoms with Crippen LogP contribution < -0.4 is 0 Å². The van der Waals surface area contributed by atoms with Crippen molar-refractivity contribution in [3.8, 4) is 34.5 Å². The molecule has 0 aromatic heterocycles. The van der Waals surface area contributed by atoms with Gasteiger partial charge in [0.2, 0.25) is 0 Å². The maximum Gasteiger partial charge on any atom is 0.294 e. The average molecular weight is 1040 g/mol. The predicted octanol–water partition coefficient (Wildman–Crippen LogP) is 5.19. The zero-order valence-corrected chi connectivity index (χ0v) is 38.4. The molecule has 0 fully saturated rings. The lowest BCUT2D eigenvalue weighted by molar-refractivity contribution is -0.432. The number of hydrogen-bond acceptors (Lipinski definition) is 18. The van der Waals surface area contributed by atoms with Gasteiger partial charge in [0.1, 0.15) is 34.5 Å². The predicted molar refractivity (Wildman–Crippen MR) is 235 cm³/mol. The minimum absolute atomic E-state index is 0.0309. The van der Waals surface area contributed by atoms with Crippen LogP contribution in [0.2, 0.25) is 0 Å². The third-order valence-corrected chi connectivity index (χ3v) is 14.9. The summed E-state index contributed by atoms with van der Waals surface area (Å²) < 4.78 is 146. The summed E-state index contributed by atoms with van der Waals surface area (Å²) in [6, 6.07) is 13.2. The van der Waals surface area contributed by atoms with Crippen LogP contribution in [0.5, 0.6) is 34.5 Å². The monoisotopic (exact) mass is 1040 g/mol. The summed E-state index contributed by atoms with van der Waals surface area (Å²) in [5.41, 5.74) is -2.99. The second kappa shape index (κ2) is 18.5. The Bertz CT molecular complexity index is 3520. The van der Waals surface area contributed by atoms with Gasteiger partial charge in [-0.2, -0.15) is 33.7 Å². The van der Waals surface area contributed by atoms with Crippen LogP contribution in [0.15, 0.2) is 103 Å². The molecule has 0 aliphatic heterocycles. The number of benzene rings is 6. The molecule has 7 rings (SSSR count). The fourth-order valence-electron chi connectivity index (χ4n) is 7.85. The second-order valence-corrected chi connectivity index (χ2v) is 22.0. The maximum atomic E-state index is 12.6. The molecule has 0 amide bonds. The molecular weight excluding hydrogens is 1000 g/mol. The first-order chi connectivity index (χ1) is 31.6. The highest BCUT2D eigenvalue weighted by molar-refractivity contribution is 7.94. The van der Waals surface area contributed by atoms with E-state index in [1.54, 1.807) is 0 Å². The highest BCUT2D eigenvalue weighted by Gasteiger charge is 2.27. The summed E-state index contributed by atoms with van der Waals surface area (Å²) in [6.45, 7) is 0. The zero-order valence-electron chi connectivity index (χ0n) is 34.3. The first-order valence-electron chi connectivity index (χ1n) is 19.2. The van der Waals surface area contributed by atoms with Crippen LogP contribution in [-0.2, 0) is 88.4 Å². The van der Waals surface area contributed by atoms with E-state index >= 15 is 0 Å². The van der Waals surface area contributed by atoms with Crippen molar-refractivity contribution < 1.29 is 97.2 Å². The van der Waals surface area contributed by atoms with E-state index < -0.39 is 154 Å². The van der Waals surface area contributed by atoms with E-state index in [1.807, 2.05) is 0 Å². The summed E-state index contributed by atoms with van der Waals surface area (Å²) in [7, 11) is -20.5. The van der Waals surface area contributed by atoms with Crippen LogP contribution in [0.1, 0.15) is 66.8 Å². The lowest BCUT2D eigenvalue weighted by atomic mass is 9.91. The van der Waals surface area contributed by atoms with Crippen LogP contribution in [0.3, 0.4) is 0 Å². The smallest absolute Gasteiger partial charge is 0.294 e. The second-order valence-electron chi connectivity index (χ2n) is 15.6. The van der Waals surface area contributed by atoms with Gasteiger partial charge in [-0.1, -0.05) is 23.2 Å². The van der Waals surface area contributed by atoms with E-state index in [0.717, 1.165) is 48.5 Å². The lowest BCUT2D eigenvalue weighted by Gasteiger charge is -2.19. The van der Waals surface area contributed by atoms with Gasteiger partial charge in [0.05, 0.1) is 31.6 Å². The molecule has 0 spiro atoms. The number of aromatic hydroxyl groups is 6. The zero-order chi connectivity index (χ0) is 49.8. The molecule has 1 aliphatic rings. The Morgan fingerprint density at radius 3 is 0.779 bits per heavy atom. The van der Waals surface area contributed by atoms with Gasteiger partial charge in [0.25, 0.3) is 40.5 Å². The molecule has 0 saturated carbocycles. The fourth-order valence-corrected chi connectivity index (χ4v) is 10.7. The molecular formula is C42H36O21S5. The summed E-state index contributed by atoms with van der Waals surface area (Å²) in [5.74, 6) is -3.94. The largest absolute Gasteiger partial charge is 0.507 e. The normalized spacial score (nSPS) is 13.7. The van der Waals surface area contributed by atoms with Crippen LogP contribution in [0, 0.1) is 0 Å². The van der Waals surface area contributed by atoms with Crippen molar-refractivity contribution in [2.75, 3.05) is 0 Å². The van der Waals surface area contributed by atoms with E-state index in [-0.39, 0.29) is 50.3 Å². The summed E-state index contributed by atoms with van der Waals surface area (Å²) in [4.78, 5) is -3.30. The number of para-hydroxylation sites is 1. The maximum absolute atomic E-state index is 12.6. The van der Waals surface area contributed by atoms with Gasteiger partial charge >= 0.3 is 0 Å². The molecule has 21 nitrogen and oxygen atoms in total. The fraction of sp³-hybridized carbons (Fsp3) is 0.143. The van der Waals surface area contributed by atoms with E-state index in [4.69, 9.17) is 5.26 Å². The van der Waals surface area contributed by atoms with Crippen molar-refractivity contribution in [2.24, 2.45) is 0 Å². The Morgan fingerprint density at radius 1 is 0.353 bits per heavy atom. The highest BCUT2D eigenvalue weighted by Crippen LogP contribution is 2.42. The number of phenols is 6. The highest BCUT2D eigenvalue weighted by atomic mass is 32.2. The molecule has 6 aromatic carbocycles. The Balaban J connectivity index is 1.54. The van der Waals surface area contributed by atoms with Crippen molar-refractivity contribution >= 4 is 52.5 Å². The molecule has 1 aliphatic carbocycles. The van der Waals surface area contributed by atoms with Gasteiger partial charge in [-0.25, -0.2) is 5.26 Å². The van der Waals surface area contributed by atoms with Crippen LogP contribution in [-0.4, -0.2) is 87.8 Å². The first-order valence-corrected chi connectivity index (χ1v) is 25.7. The van der Waals surface area contributed by atoms with Crippen LogP contribution in [0.4, 0.5) is 0 Å². The first kappa shape index (κ1) is 49.9. The lowest BCUT2D eigenvalue weighted by Crippen LogP contribution is -2.07. The van der Waals surface area contributed by atoms with Crippen LogP contribution >= 0.6 is 12.0 Å². The molecule has 0 saturated heterocycles. The Labute approximate surface area is 390 Å².